The highest BCUT2D eigenvalue weighted by Gasteiger charge is 2.14. The Hall–Kier alpha value is -1.82. The van der Waals surface area contributed by atoms with E-state index >= 15 is 0 Å². The van der Waals surface area contributed by atoms with Crippen molar-refractivity contribution in [2.45, 2.75) is 19.8 Å². The van der Waals surface area contributed by atoms with Gasteiger partial charge in [-0.2, -0.15) is 0 Å². The summed E-state index contributed by atoms with van der Waals surface area (Å²) in [6.07, 6.45) is 1.20. The van der Waals surface area contributed by atoms with Crippen molar-refractivity contribution in [3.63, 3.8) is 0 Å². The van der Waals surface area contributed by atoms with Gasteiger partial charge in [0.25, 0.3) is 5.91 Å². The van der Waals surface area contributed by atoms with Gasteiger partial charge < -0.3 is 15.4 Å². The Kier molecular flexibility index (Phi) is 7.53. The van der Waals surface area contributed by atoms with Gasteiger partial charge >= 0.3 is 6.09 Å². The molecule has 0 saturated heterocycles. The molecule has 5 nitrogen and oxygen atoms in total. The van der Waals surface area contributed by atoms with Crippen LogP contribution in [0.2, 0.25) is 5.02 Å². The van der Waals surface area contributed by atoms with Crippen LogP contribution in [-0.2, 0) is 4.74 Å². The van der Waals surface area contributed by atoms with E-state index in [9.17, 15) is 14.0 Å². The minimum atomic E-state index is -0.688. The fourth-order valence-electron chi connectivity index (χ4n) is 1.50. The number of unbranched alkanes of at least 4 members (excludes halogenated alkanes) is 1. The van der Waals surface area contributed by atoms with Crippen LogP contribution in [0.4, 0.5) is 9.18 Å². The molecular weight excluding hydrogens is 299 g/mol. The van der Waals surface area contributed by atoms with Gasteiger partial charge in [-0.05, 0) is 18.6 Å². The molecule has 0 radical (unpaired) electrons. The average molecular weight is 317 g/mol. The molecule has 0 heterocycles. The lowest BCUT2D eigenvalue weighted by molar-refractivity contribution is 0.0948. The van der Waals surface area contributed by atoms with Crippen LogP contribution in [-0.4, -0.2) is 31.7 Å². The maximum Gasteiger partial charge on any atom is 0.407 e. The van der Waals surface area contributed by atoms with E-state index in [4.69, 9.17) is 16.3 Å². The second kappa shape index (κ2) is 9.18. The third-order valence-electron chi connectivity index (χ3n) is 2.60. The molecule has 1 rings (SSSR count). The summed E-state index contributed by atoms with van der Waals surface area (Å²) in [5.74, 6) is -1.31. The van der Waals surface area contributed by atoms with E-state index in [1.54, 1.807) is 0 Å². The second-order valence-corrected chi connectivity index (χ2v) is 4.68. The molecule has 21 heavy (non-hydrogen) atoms. The first-order chi connectivity index (χ1) is 10.1. The van der Waals surface area contributed by atoms with Crippen LogP contribution in [0.3, 0.4) is 0 Å². The quantitative estimate of drug-likeness (QED) is 0.760. The number of hydrogen-bond donors (Lipinski definition) is 2. The molecule has 0 aliphatic heterocycles. The van der Waals surface area contributed by atoms with E-state index in [0.717, 1.165) is 18.9 Å². The summed E-state index contributed by atoms with van der Waals surface area (Å²) >= 11 is 5.77. The summed E-state index contributed by atoms with van der Waals surface area (Å²) in [5.41, 5.74) is -0.204. The molecule has 0 aliphatic carbocycles. The standard InChI is InChI=1S/C14H18ClFN2O3/c1-2-3-9-21-14(20)18-8-7-17-13(19)12-10(15)5-4-6-11(12)16/h4-6H,2-3,7-9H2,1H3,(H,17,19)(H,18,20). The van der Waals surface area contributed by atoms with Crippen LogP contribution >= 0.6 is 11.6 Å². The lowest BCUT2D eigenvalue weighted by Gasteiger charge is -2.09. The number of hydrogen-bond acceptors (Lipinski definition) is 3. The third-order valence-corrected chi connectivity index (χ3v) is 2.92. The van der Waals surface area contributed by atoms with Crippen molar-refractivity contribution in [1.82, 2.24) is 10.6 Å². The van der Waals surface area contributed by atoms with Gasteiger partial charge in [0.15, 0.2) is 0 Å². The number of rotatable bonds is 7. The molecule has 0 aliphatic rings. The molecule has 0 saturated carbocycles. The van der Waals surface area contributed by atoms with Crippen molar-refractivity contribution >= 4 is 23.6 Å². The Bertz CT molecular complexity index is 477. The zero-order chi connectivity index (χ0) is 15.7. The van der Waals surface area contributed by atoms with Crippen LogP contribution in [0.25, 0.3) is 0 Å². The Balaban J connectivity index is 2.30. The Labute approximate surface area is 127 Å². The van der Waals surface area contributed by atoms with Crippen molar-refractivity contribution < 1.29 is 18.7 Å². The lowest BCUT2D eigenvalue weighted by Crippen LogP contribution is -2.35. The molecule has 0 bridgehead atoms. The number of benzene rings is 1. The molecule has 0 aromatic heterocycles. The highest BCUT2D eigenvalue weighted by atomic mass is 35.5. The van der Waals surface area contributed by atoms with E-state index in [0.29, 0.717) is 6.61 Å². The molecule has 2 N–H and O–H groups in total. The summed E-state index contributed by atoms with van der Waals surface area (Å²) in [6.45, 7) is 2.68. The van der Waals surface area contributed by atoms with Crippen LogP contribution in [0.1, 0.15) is 30.1 Å². The van der Waals surface area contributed by atoms with E-state index in [1.165, 1.54) is 12.1 Å². The first kappa shape index (κ1) is 17.2. The number of carbonyl (C=O) groups excluding carboxylic acids is 2. The topological polar surface area (TPSA) is 67.4 Å². The van der Waals surface area contributed by atoms with E-state index in [-0.39, 0.29) is 23.7 Å². The van der Waals surface area contributed by atoms with Crippen LogP contribution in [0.5, 0.6) is 0 Å². The van der Waals surface area contributed by atoms with Gasteiger partial charge in [-0.15, -0.1) is 0 Å². The minimum Gasteiger partial charge on any atom is -0.450 e. The Morgan fingerprint density at radius 2 is 2.00 bits per heavy atom. The lowest BCUT2D eigenvalue weighted by atomic mass is 10.2. The van der Waals surface area contributed by atoms with Gasteiger partial charge in [-0.3, -0.25) is 4.79 Å². The van der Waals surface area contributed by atoms with Crippen LogP contribution in [0, 0.1) is 5.82 Å². The number of nitrogens with one attached hydrogen (secondary N) is 2. The maximum atomic E-state index is 13.5. The predicted molar refractivity (Wildman–Crippen MR) is 78.0 cm³/mol. The average Bonchev–Trinajstić information content (AvgIpc) is 2.44. The summed E-state index contributed by atoms with van der Waals surface area (Å²) < 4.78 is 18.3. The Morgan fingerprint density at radius 3 is 2.67 bits per heavy atom. The molecular formula is C14H18ClFN2O3. The molecule has 2 amide bonds. The molecule has 116 valence electrons. The molecule has 7 heteroatoms. The molecule has 0 spiro atoms. The number of amides is 2. The van der Waals surface area contributed by atoms with E-state index in [1.807, 2.05) is 6.92 Å². The monoisotopic (exact) mass is 316 g/mol. The van der Waals surface area contributed by atoms with Crippen molar-refractivity contribution in [2.24, 2.45) is 0 Å². The normalized spacial score (nSPS) is 10.0. The summed E-state index contributed by atoms with van der Waals surface area (Å²) in [5, 5.41) is 4.99. The predicted octanol–water partition coefficient (Wildman–Crippen LogP) is 2.74. The highest BCUT2D eigenvalue weighted by Crippen LogP contribution is 2.18. The van der Waals surface area contributed by atoms with Crippen molar-refractivity contribution in [3.8, 4) is 0 Å². The number of halogens is 2. The zero-order valence-electron chi connectivity index (χ0n) is 11.7. The fraction of sp³-hybridized carbons (Fsp3) is 0.429. The second-order valence-electron chi connectivity index (χ2n) is 4.27. The smallest absolute Gasteiger partial charge is 0.407 e. The SMILES string of the molecule is CCCCOC(=O)NCCNC(=O)c1c(F)cccc1Cl. The fourth-order valence-corrected chi connectivity index (χ4v) is 1.75. The Morgan fingerprint density at radius 1 is 1.29 bits per heavy atom. The minimum absolute atomic E-state index is 0.0411. The van der Waals surface area contributed by atoms with Gasteiger partial charge in [-0.1, -0.05) is 31.0 Å². The highest BCUT2D eigenvalue weighted by molar-refractivity contribution is 6.33. The van der Waals surface area contributed by atoms with E-state index in [2.05, 4.69) is 10.6 Å². The first-order valence-electron chi connectivity index (χ1n) is 6.69. The van der Waals surface area contributed by atoms with Gasteiger partial charge in [0.05, 0.1) is 17.2 Å². The maximum absolute atomic E-state index is 13.5. The van der Waals surface area contributed by atoms with Crippen LogP contribution < -0.4 is 10.6 Å². The van der Waals surface area contributed by atoms with Gasteiger partial charge in [0, 0.05) is 13.1 Å². The first-order valence-corrected chi connectivity index (χ1v) is 7.07. The van der Waals surface area contributed by atoms with Gasteiger partial charge in [-0.25, -0.2) is 9.18 Å². The number of carbonyl (C=O) groups is 2. The summed E-state index contributed by atoms with van der Waals surface area (Å²) in [7, 11) is 0. The largest absolute Gasteiger partial charge is 0.450 e. The molecule has 1 aromatic carbocycles. The zero-order valence-corrected chi connectivity index (χ0v) is 12.5. The summed E-state index contributed by atoms with van der Waals surface area (Å²) in [6, 6.07) is 4.01. The number of ether oxygens (including phenoxy) is 1. The third kappa shape index (κ3) is 5.99. The van der Waals surface area contributed by atoms with Crippen LogP contribution in [0.15, 0.2) is 18.2 Å². The molecule has 0 unspecified atom stereocenters. The van der Waals surface area contributed by atoms with E-state index < -0.39 is 17.8 Å². The molecule has 0 fully saturated rings. The summed E-state index contributed by atoms with van der Waals surface area (Å²) in [4.78, 5) is 23.0. The number of alkyl carbamates (subject to hydrolysis) is 1. The van der Waals surface area contributed by atoms with Crippen molar-refractivity contribution in [3.05, 3.63) is 34.6 Å². The van der Waals surface area contributed by atoms with Crippen molar-refractivity contribution in [1.29, 1.82) is 0 Å². The van der Waals surface area contributed by atoms with Gasteiger partial charge in [0.1, 0.15) is 5.82 Å². The molecule has 0 atom stereocenters. The van der Waals surface area contributed by atoms with Crippen molar-refractivity contribution in [2.75, 3.05) is 19.7 Å². The molecule has 1 aromatic rings. The van der Waals surface area contributed by atoms with Gasteiger partial charge in [0.2, 0.25) is 0 Å².